The van der Waals surface area contributed by atoms with Gasteiger partial charge in [-0.3, -0.25) is 9.59 Å². The molecule has 3 N–H and O–H groups in total. The number of nitrogens with two attached hydrogens (primary N) is 1. The standard InChI is InChI=1S/C20H22ClN3O3/c1-27-16-8-9-17(22)18(11-16)23-19(25)14-3-2-10-24(12-14)20(26)13-4-6-15(21)7-5-13/h4-9,11,14H,2-3,10,12,22H2,1H3,(H,23,25). The summed E-state index contributed by atoms with van der Waals surface area (Å²) in [5.41, 5.74) is 7.49. The molecule has 1 unspecified atom stereocenters. The van der Waals surface area contributed by atoms with Crippen LogP contribution < -0.4 is 15.8 Å². The second-order valence-electron chi connectivity index (χ2n) is 6.54. The van der Waals surface area contributed by atoms with Crippen LogP contribution in [0.3, 0.4) is 0 Å². The summed E-state index contributed by atoms with van der Waals surface area (Å²) < 4.78 is 5.17. The van der Waals surface area contributed by atoms with Gasteiger partial charge in [0.25, 0.3) is 5.91 Å². The van der Waals surface area contributed by atoms with E-state index < -0.39 is 0 Å². The van der Waals surface area contributed by atoms with E-state index in [4.69, 9.17) is 22.1 Å². The van der Waals surface area contributed by atoms with Crippen molar-refractivity contribution in [2.75, 3.05) is 31.2 Å². The lowest BCUT2D eigenvalue weighted by Crippen LogP contribution is -2.43. The third-order valence-electron chi connectivity index (χ3n) is 4.69. The summed E-state index contributed by atoms with van der Waals surface area (Å²) in [5, 5.41) is 3.44. The normalized spacial score (nSPS) is 16.7. The number of likely N-dealkylation sites (tertiary alicyclic amines) is 1. The molecule has 2 amide bonds. The molecule has 0 saturated carbocycles. The van der Waals surface area contributed by atoms with E-state index in [9.17, 15) is 9.59 Å². The Morgan fingerprint density at radius 3 is 2.67 bits per heavy atom. The number of ether oxygens (including phenoxy) is 1. The summed E-state index contributed by atoms with van der Waals surface area (Å²) in [4.78, 5) is 27.1. The summed E-state index contributed by atoms with van der Waals surface area (Å²) in [7, 11) is 1.55. The quantitative estimate of drug-likeness (QED) is 0.787. The van der Waals surface area contributed by atoms with Crippen LogP contribution in [0.15, 0.2) is 42.5 Å². The number of halogens is 1. The topological polar surface area (TPSA) is 84.7 Å². The van der Waals surface area contributed by atoms with Crippen LogP contribution in [0, 0.1) is 5.92 Å². The molecule has 1 fully saturated rings. The summed E-state index contributed by atoms with van der Waals surface area (Å²) >= 11 is 5.88. The zero-order valence-electron chi connectivity index (χ0n) is 15.1. The van der Waals surface area contributed by atoms with E-state index in [1.54, 1.807) is 54.5 Å². The van der Waals surface area contributed by atoms with E-state index in [0.717, 1.165) is 12.8 Å². The molecule has 1 aliphatic rings. The first-order valence-corrected chi connectivity index (χ1v) is 9.15. The number of benzene rings is 2. The van der Waals surface area contributed by atoms with Gasteiger partial charge in [-0.1, -0.05) is 11.6 Å². The first-order valence-electron chi connectivity index (χ1n) is 8.77. The third kappa shape index (κ3) is 4.52. The number of rotatable bonds is 4. The number of piperidine rings is 1. The van der Waals surface area contributed by atoms with Crippen LogP contribution in [0.1, 0.15) is 23.2 Å². The minimum absolute atomic E-state index is 0.0925. The van der Waals surface area contributed by atoms with E-state index in [0.29, 0.717) is 40.8 Å². The van der Waals surface area contributed by atoms with Gasteiger partial charge in [0.15, 0.2) is 0 Å². The zero-order valence-corrected chi connectivity index (χ0v) is 15.8. The molecule has 6 nitrogen and oxygen atoms in total. The SMILES string of the molecule is COc1ccc(N)c(NC(=O)C2CCCN(C(=O)c3ccc(Cl)cc3)C2)c1. The van der Waals surface area contributed by atoms with Gasteiger partial charge in [-0.2, -0.15) is 0 Å². The highest BCUT2D eigenvalue weighted by Gasteiger charge is 2.29. The molecule has 1 atom stereocenters. The number of amides is 2. The van der Waals surface area contributed by atoms with Gasteiger partial charge in [-0.25, -0.2) is 0 Å². The molecule has 0 bridgehead atoms. The van der Waals surface area contributed by atoms with Crippen molar-refractivity contribution in [2.24, 2.45) is 5.92 Å². The van der Waals surface area contributed by atoms with E-state index in [1.807, 2.05) is 0 Å². The van der Waals surface area contributed by atoms with Crippen molar-refractivity contribution < 1.29 is 14.3 Å². The van der Waals surface area contributed by atoms with Crippen molar-refractivity contribution in [3.05, 3.63) is 53.1 Å². The predicted octanol–water partition coefficient (Wildman–Crippen LogP) is 3.42. The van der Waals surface area contributed by atoms with Crippen LogP contribution >= 0.6 is 11.6 Å². The highest BCUT2D eigenvalue weighted by atomic mass is 35.5. The Hall–Kier alpha value is -2.73. The summed E-state index contributed by atoms with van der Waals surface area (Å²) in [6.07, 6.45) is 1.49. The molecule has 0 spiro atoms. The molecule has 2 aromatic rings. The molecule has 0 radical (unpaired) electrons. The molecule has 1 heterocycles. The molecule has 1 saturated heterocycles. The van der Waals surface area contributed by atoms with Crippen LogP contribution in [-0.4, -0.2) is 36.9 Å². The van der Waals surface area contributed by atoms with E-state index in [1.165, 1.54) is 0 Å². The van der Waals surface area contributed by atoms with Crippen LogP contribution in [0.5, 0.6) is 5.75 Å². The van der Waals surface area contributed by atoms with Crippen LogP contribution in [0.25, 0.3) is 0 Å². The first kappa shape index (κ1) is 19.0. The van der Waals surface area contributed by atoms with Crippen molar-refractivity contribution in [1.29, 1.82) is 0 Å². The molecule has 1 aliphatic heterocycles. The number of methoxy groups -OCH3 is 1. The number of nitrogen functional groups attached to an aromatic ring is 1. The lowest BCUT2D eigenvalue weighted by Gasteiger charge is -2.32. The summed E-state index contributed by atoms with van der Waals surface area (Å²) in [6.45, 7) is 1.00. The number of nitrogens with one attached hydrogen (secondary N) is 1. The zero-order chi connectivity index (χ0) is 19.4. The largest absolute Gasteiger partial charge is 0.497 e. The number of nitrogens with zero attached hydrogens (tertiary/aromatic N) is 1. The van der Waals surface area contributed by atoms with Gasteiger partial charge in [0.05, 0.1) is 24.4 Å². The molecule has 3 rings (SSSR count). The number of hydrogen-bond acceptors (Lipinski definition) is 4. The van der Waals surface area contributed by atoms with E-state index in [2.05, 4.69) is 5.32 Å². The Morgan fingerprint density at radius 2 is 1.96 bits per heavy atom. The molecule has 142 valence electrons. The Bertz CT molecular complexity index is 839. The van der Waals surface area contributed by atoms with Crippen molar-refractivity contribution in [2.45, 2.75) is 12.8 Å². The smallest absolute Gasteiger partial charge is 0.253 e. The van der Waals surface area contributed by atoms with Crippen molar-refractivity contribution in [1.82, 2.24) is 4.90 Å². The maximum absolute atomic E-state index is 12.7. The van der Waals surface area contributed by atoms with Gasteiger partial charge in [-0.15, -0.1) is 0 Å². The summed E-state index contributed by atoms with van der Waals surface area (Å²) in [6, 6.07) is 11.9. The van der Waals surface area contributed by atoms with Gasteiger partial charge < -0.3 is 20.7 Å². The monoisotopic (exact) mass is 387 g/mol. The number of anilines is 2. The molecular weight excluding hydrogens is 366 g/mol. The maximum Gasteiger partial charge on any atom is 0.253 e. The average molecular weight is 388 g/mol. The third-order valence-corrected chi connectivity index (χ3v) is 4.94. The second-order valence-corrected chi connectivity index (χ2v) is 6.98. The van der Waals surface area contributed by atoms with Crippen molar-refractivity contribution in [3.8, 4) is 5.75 Å². The lowest BCUT2D eigenvalue weighted by molar-refractivity contribution is -0.121. The molecule has 7 heteroatoms. The van der Waals surface area contributed by atoms with Crippen molar-refractivity contribution >= 4 is 34.8 Å². The van der Waals surface area contributed by atoms with Crippen LogP contribution in [0.2, 0.25) is 5.02 Å². The Labute approximate surface area is 163 Å². The molecule has 0 aromatic heterocycles. The van der Waals surface area contributed by atoms with Gasteiger partial charge in [-0.05, 0) is 49.2 Å². The highest BCUT2D eigenvalue weighted by molar-refractivity contribution is 6.30. The van der Waals surface area contributed by atoms with Gasteiger partial charge in [0.1, 0.15) is 5.75 Å². The fourth-order valence-corrected chi connectivity index (χ4v) is 3.28. The molecule has 2 aromatic carbocycles. The van der Waals surface area contributed by atoms with Crippen molar-refractivity contribution in [3.63, 3.8) is 0 Å². The molecule has 0 aliphatic carbocycles. The maximum atomic E-state index is 12.7. The number of carbonyl (C=O) groups is 2. The minimum atomic E-state index is -0.291. The second kappa shape index (κ2) is 8.31. The Morgan fingerprint density at radius 1 is 1.22 bits per heavy atom. The Kier molecular flexibility index (Phi) is 5.86. The lowest BCUT2D eigenvalue weighted by atomic mass is 9.96. The fraction of sp³-hybridized carbons (Fsp3) is 0.300. The molecule has 27 heavy (non-hydrogen) atoms. The van der Waals surface area contributed by atoms with Gasteiger partial charge in [0.2, 0.25) is 5.91 Å². The van der Waals surface area contributed by atoms with E-state index in [-0.39, 0.29) is 17.7 Å². The predicted molar refractivity (Wildman–Crippen MR) is 106 cm³/mol. The number of carbonyl (C=O) groups excluding carboxylic acids is 2. The van der Waals surface area contributed by atoms with Crippen LogP contribution in [0.4, 0.5) is 11.4 Å². The van der Waals surface area contributed by atoms with E-state index >= 15 is 0 Å². The van der Waals surface area contributed by atoms with Gasteiger partial charge in [0, 0.05) is 29.7 Å². The Balaban J connectivity index is 1.67. The summed E-state index contributed by atoms with van der Waals surface area (Å²) in [5.74, 6) is 0.0805. The molecular formula is C20H22ClN3O3. The van der Waals surface area contributed by atoms with Crippen LogP contribution in [-0.2, 0) is 4.79 Å². The minimum Gasteiger partial charge on any atom is -0.497 e. The highest BCUT2D eigenvalue weighted by Crippen LogP contribution is 2.26. The average Bonchev–Trinajstić information content (AvgIpc) is 2.69. The fourth-order valence-electron chi connectivity index (χ4n) is 3.16. The first-order chi connectivity index (χ1) is 13.0. The number of hydrogen-bond donors (Lipinski definition) is 2. The van der Waals surface area contributed by atoms with Gasteiger partial charge >= 0.3 is 0 Å².